The molecule has 1 saturated carbocycles. The second-order valence-corrected chi connectivity index (χ2v) is 7.33. The zero-order valence-corrected chi connectivity index (χ0v) is 13.2. The molecule has 0 aromatic rings. The van der Waals surface area contributed by atoms with Crippen molar-refractivity contribution in [3.63, 3.8) is 0 Å². The third kappa shape index (κ3) is 3.50. The number of piperazine rings is 1. The number of nitrogens with zero attached hydrogens (tertiary/aromatic N) is 2. The van der Waals surface area contributed by atoms with Gasteiger partial charge in [0.1, 0.15) is 0 Å². The monoisotopic (exact) mass is 268 g/mol. The summed E-state index contributed by atoms with van der Waals surface area (Å²) in [6, 6.07) is 0.721. The second kappa shape index (κ2) is 6.11. The molecule has 2 rings (SSSR count). The predicted molar refractivity (Wildman–Crippen MR) is 80.3 cm³/mol. The van der Waals surface area contributed by atoms with Gasteiger partial charge in [0.15, 0.2) is 0 Å². The first-order valence-corrected chi connectivity index (χ1v) is 8.08. The van der Waals surface area contributed by atoms with Crippen molar-refractivity contribution in [2.24, 2.45) is 11.3 Å². The lowest BCUT2D eigenvalue weighted by atomic mass is 9.87. The molecule has 0 radical (unpaired) electrons. The van der Waals surface area contributed by atoms with Crippen LogP contribution in [0.4, 0.5) is 0 Å². The summed E-state index contributed by atoms with van der Waals surface area (Å²) >= 11 is 0. The van der Waals surface area contributed by atoms with Gasteiger partial charge >= 0.3 is 0 Å². The topological polar surface area (TPSA) is 26.7 Å². The van der Waals surface area contributed by atoms with Gasteiger partial charge in [-0.05, 0) is 37.5 Å². The highest BCUT2D eigenvalue weighted by atomic mass is 16.3. The maximum absolute atomic E-state index is 10.4. The molecule has 0 amide bonds. The van der Waals surface area contributed by atoms with Crippen molar-refractivity contribution in [2.45, 2.75) is 59.1 Å². The number of hydrogen-bond donors (Lipinski definition) is 1. The van der Waals surface area contributed by atoms with E-state index in [1.807, 2.05) is 0 Å². The Morgan fingerprint density at radius 3 is 2.32 bits per heavy atom. The molecule has 0 aromatic carbocycles. The zero-order valence-electron chi connectivity index (χ0n) is 13.2. The van der Waals surface area contributed by atoms with Gasteiger partial charge in [0.25, 0.3) is 0 Å². The molecule has 1 aliphatic carbocycles. The molecule has 3 atom stereocenters. The molecule has 1 saturated heterocycles. The Kier molecular flexibility index (Phi) is 4.91. The first kappa shape index (κ1) is 15.3. The first-order valence-electron chi connectivity index (χ1n) is 8.08. The average molecular weight is 268 g/mol. The van der Waals surface area contributed by atoms with Gasteiger partial charge in [0.2, 0.25) is 0 Å². The zero-order chi connectivity index (χ0) is 14.0. The van der Waals surface area contributed by atoms with Gasteiger partial charge in [-0.2, -0.15) is 0 Å². The molecule has 0 bridgehead atoms. The van der Waals surface area contributed by atoms with Gasteiger partial charge in [0, 0.05) is 38.8 Å². The maximum atomic E-state index is 10.4. The molecule has 1 aliphatic heterocycles. The molecular formula is C16H32N2O. The summed E-state index contributed by atoms with van der Waals surface area (Å²) < 4.78 is 0. The number of aliphatic hydroxyl groups excluding tert-OH is 1. The van der Waals surface area contributed by atoms with E-state index in [9.17, 15) is 5.11 Å². The summed E-state index contributed by atoms with van der Waals surface area (Å²) in [5.74, 6) is 0.491. The summed E-state index contributed by atoms with van der Waals surface area (Å²) in [6.45, 7) is 14.9. The van der Waals surface area contributed by atoms with Crippen LogP contribution in [-0.2, 0) is 0 Å². The molecule has 2 fully saturated rings. The Hall–Kier alpha value is -0.120. The summed E-state index contributed by atoms with van der Waals surface area (Å²) in [5.41, 5.74) is 0.128. The minimum atomic E-state index is -0.111. The third-order valence-corrected chi connectivity index (χ3v) is 5.52. The Labute approximate surface area is 119 Å². The Morgan fingerprint density at radius 2 is 1.84 bits per heavy atom. The van der Waals surface area contributed by atoms with Crippen molar-refractivity contribution >= 4 is 0 Å². The van der Waals surface area contributed by atoms with Gasteiger partial charge in [-0.15, -0.1) is 0 Å². The van der Waals surface area contributed by atoms with E-state index in [1.54, 1.807) is 0 Å². The number of aliphatic hydroxyl groups is 1. The van der Waals surface area contributed by atoms with Crippen molar-refractivity contribution < 1.29 is 5.11 Å². The van der Waals surface area contributed by atoms with Gasteiger partial charge in [-0.1, -0.05) is 20.8 Å². The van der Waals surface area contributed by atoms with Crippen molar-refractivity contribution in [3.8, 4) is 0 Å². The van der Waals surface area contributed by atoms with Crippen LogP contribution in [-0.4, -0.2) is 59.8 Å². The molecule has 3 heteroatoms. The van der Waals surface area contributed by atoms with Gasteiger partial charge in [-0.25, -0.2) is 0 Å². The summed E-state index contributed by atoms with van der Waals surface area (Å²) in [6.07, 6.45) is 3.50. The van der Waals surface area contributed by atoms with E-state index in [2.05, 4.69) is 37.5 Å². The lowest BCUT2D eigenvalue weighted by molar-refractivity contribution is 0.0211. The summed E-state index contributed by atoms with van der Waals surface area (Å²) in [5, 5.41) is 10.4. The lowest BCUT2D eigenvalue weighted by Gasteiger charge is -2.39. The van der Waals surface area contributed by atoms with Crippen molar-refractivity contribution in [1.29, 1.82) is 0 Å². The van der Waals surface area contributed by atoms with Crippen LogP contribution < -0.4 is 0 Å². The van der Waals surface area contributed by atoms with Crippen LogP contribution in [0.25, 0.3) is 0 Å². The quantitative estimate of drug-likeness (QED) is 0.847. The maximum Gasteiger partial charge on any atom is 0.0631 e. The minimum Gasteiger partial charge on any atom is -0.392 e. The van der Waals surface area contributed by atoms with E-state index in [-0.39, 0.29) is 11.5 Å². The standard InChI is InChI=1S/C16H32N2O/c1-5-13(2)18-10-8-17(9-11-18)12-14-6-7-16(3,4)15(14)19/h13-15,19H,5-12H2,1-4H3. The Morgan fingerprint density at radius 1 is 1.21 bits per heavy atom. The van der Waals surface area contributed by atoms with Crippen LogP contribution in [0.3, 0.4) is 0 Å². The Bertz CT molecular complexity index is 284. The van der Waals surface area contributed by atoms with Crippen LogP contribution >= 0.6 is 0 Å². The van der Waals surface area contributed by atoms with Crippen molar-refractivity contribution in [3.05, 3.63) is 0 Å². The number of hydrogen-bond acceptors (Lipinski definition) is 3. The highest BCUT2D eigenvalue weighted by Gasteiger charge is 2.41. The number of rotatable bonds is 4. The molecule has 1 heterocycles. The van der Waals surface area contributed by atoms with E-state index >= 15 is 0 Å². The van der Waals surface area contributed by atoms with Gasteiger partial charge < -0.3 is 10.0 Å². The SMILES string of the molecule is CCC(C)N1CCN(CC2CCC(C)(C)C2O)CC1. The normalized spacial score (nSPS) is 34.6. The van der Waals surface area contributed by atoms with E-state index in [4.69, 9.17) is 0 Å². The fourth-order valence-electron chi connectivity index (χ4n) is 3.67. The molecule has 1 N–H and O–H groups in total. The van der Waals surface area contributed by atoms with Gasteiger partial charge in [-0.3, -0.25) is 4.90 Å². The van der Waals surface area contributed by atoms with Crippen LogP contribution in [0.1, 0.15) is 47.0 Å². The van der Waals surface area contributed by atoms with Crippen LogP contribution in [0.2, 0.25) is 0 Å². The predicted octanol–water partition coefficient (Wildman–Crippen LogP) is 2.20. The van der Waals surface area contributed by atoms with E-state index in [0.29, 0.717) is 5.92 Å². The molecule has 3 unspecified atom stereocenters. The highest BCUT2D eigenvalue weighted by Crippen LogP contribution is 2.41. The molecule has 112 valence electrons. The van der Waals surface area contributed by atoms with E-state index in [1.165, 1.54) is 45.4 Å². The molecule has 2 aliphatic rings. The third-order valence-electron chi connectivity index (χ3n) is 5.52. The average Bonchev–Trinajstić information content (AvgIpc) is 2.66. The highest BCUT2D eigenvalue weighted by molar-refractivity contribution is 4.92. The molecular weight excluding hydrogens is 236 g/mol. The van der Waals surface area contributed by atoms with Crippen molar-refractivity contribution in [1.82, 2.24) is 9.80 Å². The van der Waals surface area contributed by atoms with Crippen LogP contribution in [0.15, 0.2) is 0 Å². The fourth-order valence-corrected chi connectivity index (χ4v) is 3.67. The van der Waals surface area contributed by atoms with Crippen LogP contribution in [0, 0.1) is 11.3 Å². The smallest absolute Gasteiger partial charge is 0.0631 e. The fraction of sp³-hybridized carbons (Fsp3) is 1.00. The van der Waals surface area contributed by atoms with Crippen molar-refractivity contribution in [2.75, 3.05) is 32.7 Å². The second-order valence-electron chi connectivity index (χ2n) is 7.33. The van der Waals surface area contributed by atoms with Gasteiger partial charge in [0.05, 0.1) is 6.10 Å². The Balaban J connectivity index is 1.77. The lowest BCUT2D eigenvalue weighted by Crippen LogP contribution is -2.51. The molecule has 3 nitrogen and oxygen atoms in total. The minimum absolute atomic E-state index is 0.111. The van der Waals surface area contributed by atoms with E-state index in [0.717, 1.165) is 12.6 Å². The first-order chi connectivity index (χ1) is 8.94. The molecule has 19 heavy (non-hydrogen) atoms. The summed E-state index contributed by atoms with van der Waals surface area (Å²) in [7, 11) is 0. The summed E-state index contributed by atoms with van der Waals surface area (Å²) in [4.78, 5) is 5.17. The van der Waals surface area contributed by atoms with Crippen LogP contribution in [0.5, 0.6) is 0 Å². The molecule has 0 spiro atoms. The largest absolute Gasteiger partial charge is 0.392 e. The van der Waals surface area contributed by atoms with E-state index < -0.39 is 0 Å². The molecule has 0 aromatic heterocycles.